The molecule has 0 saturated carbocycles. The zero-order valence-electron chi connectivity index (χ0n) is 22.3. The molecule has 10 nitrogen and oxygen atoms in total. The summed E-state index contributed by atoms with van der Waals surface area (Å²) >= 11 is 1.51. The van der Waals surface area contributed by atoms with E-state index in [1.165, 1.54) is 11.3 Å². The predicted octanol–water partition coefficient (Wildman–Crippen LogP) is 3.04. The number of ether oxygens (including phenoxy) is 2. The highest BCUT2D eigenvalue weighted by atomic mass is 32.1. The molecular formula is C28H33N5O5S. The Morgan fingerprint density at radius 3 is 2.36 bits per heavy atom. The molecule has 0 radical (unpaired) electrons. The summed E-state index contributed by atoms with van der Waals surface area (Å²) in [5, 5.41) is 3.66. The Kier molecular flexibility index (Phi) is 8.37. The van der Waals surface area contributed by atoms with Crippen LogP contribution in [0.1, 0.15) is 51.7 Å². The maximum atomic E-state index is 13.3. The molecule has 2 amide bonds. The van der Waals surface area contributed by atoms with E-state index in [2.05, 4.69) is 4.98 Å². The number of rotatable bonds is 7. The maximum absolute atomic E-state index is 13.3. The molecule has 0 atom stereocenters. The number of pyridine rings is 1. The Morgan fingerprint density at radius 2 is 1.64 bits per heavy atom. The van der Waals surface area contributed by atoms with E-state index in [1.54, 1.807) is 25.0 Å². The number of fused-ring (bicyclic) bond motifs is 1. The second kappa shape index (κ2) is 12.1. The van der Waals surface area contributed by atoms with E-state index in [0.717, 1.165) is 28.8 Å². The molecule has 5 rings (SSSR count). The van der Waals surface area contributed by atoms with Gasteiger partial charge in [0.25, 0.3) is 11.8 Å². The summed E-state index contributed by atoms with van der Waals surface area (Å²) in [5.41, 5.74) is 1.59. The van der Waals surface area contributed by atoms with Crippen LogP contribution in [0.15, 0.2) is 35.7 Å². The number of nitrogens with zero attached hydrogens (tertiary/aromatic N) is 5. The molecule has 2 aliphatic heterocycles. The first-order valence-electron chi connectivity index (χ1n) is 13.3. The van der Waals surface area contributed by atoms with Crippen molar-refractivity contribution in [2.75, 3.05) is 59.5 Å². The maximum Gasteiger partial charge on any atom is 0.320 e. The summed E-state index contributed by atoms with van der Waals surface area (Å²) in [6, 6.07) is 9.34. The Labute approximate surface area is 231 Å². The van der Waals surface area contributed by atoms with E-state index in [4.69, 9.17) is 14.5 Å². The monoisotopic (exact) mass is 551 g/mol. The number of hydrogen-bond acceptors (Lipinski definition) is 9. The molecule has 0 unspecified atom stereocenters. The lowest BCUT2D eigenvalue weighted by Crippen LogP contribution is -2.50. The fourth-order valence-electron chi connectivity index (χ4n) is 5.15. The van der Waals surface area contributed by atoms with Gasteiger partial charge >= 0.3 is 5.97 Å². The number of hydrogen-bond donors (Lipinski definition) is 0. The predicted molar refractivity (Wildman–Crippen MR) is 147 cm³/mol. The Hall–Kier alpha value is -3.57. The first kappa shape index (κ1) is 27.0. The van der Waals surface area contributed by atoms with Crippen LogP contribution in [0.4, 0.5) is 0 Å². The topological polar surface area (TPSA) is 105 Å². The molecule has 3 aromatic rings. The van der Waals surface area contributed by atoms with Gasteiger partial charge in [-0.3, -0.25) is 19.3 Å². The highest BCUT2D eigenvalue weighted by Gasteiger charge is 2.29. The van der Waals surface area contributed by atoms with Crippen molar-refractivity contribution < 1.29 is 23.9 Å². The van der Waals surface area contributed by atoms with E-state index in [0.29, 0.717) is 63.0 Å². The summed E-state index contributed by atoms with van der Waals surface area (Å²) in [5.74, 6) is 0.439. The highest BCUT2D eigenvalue weighted by Crippen LogP contribution is 2.32. The van der Waals surface area contributed by atoms with E-state index in [-0.39, 0.29) is 30.2 Å². The number of carbonyl (C=O) groups excluding carboxylic acids is 3. The third-order valence-electron chi connectivity index (χ3n) is 7.31. The third kappa shape index (κ3) is 6.04. The van der Waals surface area contributed by atoms with Gasteiger partial charge in [-0.2, -0.15) is 0 Å². The minimum Gasteiger partial charge on any atom is -0.496 e. The number of carbonyl (C=O) groups is 3. The molecule has 2 aliphatic rings. The van der Waals surface area contributed by atoms with Gasteiger partial charge in [0, 0.05) is 62.0 Å². The molecule has 0 N–H and O–H groups in total. The van der Waals surface area contributed by atoms with Crippen molar-refractivity contribution in [2.24, 2.45) is 0 Å². The number of para-hydroxylation sites is 1. The number of thiazole rings is 1. The van der Waals surface area contributed by atoms with E-state index < -0.39 is 0 Å². The number of piperazine rings is 1. The summed E-state index contributed by atoms with van der Waals surface area (Å²) < 4.78 is 10.5. The van der Waals surface area contributed by atoms with Crippen LogP contribution >= 0.6 is 11.3 Å². The molecule has 0 aliphatic carbocycles. The van der Waals surface area contributed by atoms with Gasteiger partial charge in [-0.05, 0) is 31.9 Å². The Bertz CT molecular complexity index is 1350. The second-order valence-corrected chi connectivity index (χ2v) is 10.6. The lowest BCUT2D eigenvalue weighted by molar-refractivity contribution is -0.144. The molecule has 2 aromatic heterocycles. The van der Waals surface area contributed by atoms with Gasteiger partial charge < -0.3 is 19.3 Å². The second-order valence-electron chi connectivity index (χ2n) is 9.74. The van der Waals surface area contributed by atoms with Crippen molar-refractivity contribution in [3.63, 3.8) is 0 Å². The number of methoxy groups -OCH3 is 1. The number of likely N-dealkylation sites (tertiary alicyclic amines) is 1. The average Bonchev–Trinajstić information content (AvgIpc) is 3.47. The largest absolute Gasteiger partial charge is 0.496 e. The molecule has 39 heavy (non-hydrogen) atoms. The average molecular weight is 552 g/mol. The van der Waals surface area contributed by atoms with Crippen LogP contribution in [0.5, 0.6) is 5.75 Å². The summed E-state index contributed by atoms with van der Waals surface area (Å²) in [7, 11) is 1.60. The number of benzene rings is 1. The van der Waals surface area contributed by atoms with Gasteiger partial charge in [-0.25, -0.2) is 9.97 Å². The molecule has 1 aromatic carbocycles. The van der Waals surface area contributed by atoms with Crippen LogP contribution in [0.2, 0.25) is 0 Å². The quantitative estimate of drug-likeness (QED) is 0.413. The first-order chi connectivity index (χ1) is 19.0. The van der Waals surface area contributed by atoms with Gasteiger partial charge in [-0.15, -0.1) is 11.3 Å². The van der Waals surface area contributed by atoms with Gasteiger partial charge in [0.05, 0.1) is 30.8 Å². The van der Waals surface area contributed by atoms with Gasteiger partial charge in [0.2, 0.25) is 0 Å². The smallest absolute Gasteiger partial charge is 0.320 e. The van der Waals surface area contributed by atoms with Crippen molar-refractivity contribution in [3.05, 3.63) is 52.1 Å². The summed E-state index contributed by atoms with van der Waals surface area (Å²) in [6.07, 6.45) is 1.56. The SMILES string of the molecule is CCOC(=O)CN1CCN(C(=O)c2csc(C3CCN(C(=O)c4cc(OC)c5ccccc5n4)CC3)n2)CC1. The minimum absolute atomic E-state index is 0.0720. The number of piperidine rings is 1. The molecule has 0 bridgehead atoms. The molecular weight excluding hydrogens is 518 g/mol. The molecule has 206 valence electrons. The van der Waals surface area contributed by atoms with E-state index in [1.807, 2.05) is 39.4 Å². The standard InChI is InChI=1S/C28H33N5O5S/c1-3-38-25(34)17-31-12-14-33(15-13-31)28(36)23-18-39-26(30-23)19-8-10-32(11-9-19)27(35)22-16-24(37-2)20-6-4-5-7-21(20)29-22/h4-7,16,18-19H,3,8-15,17H2,1-2H3. The van der Waals surface area contributed by atoms with Crippen LogP contribution < -0.4 is 4.74 Å². The van der Waals surface area contributed by atoms with Crippen molar-refractivity contribution in [3.8, 4) is 5.75 Å². The number of amides is 2. The molecule has 2 saturated heterocycles. The minimum atomic E-state index is -0.234. The summed E-state index contributed by atoms with van der Waals surface area (Å²) in [6.45, 7) is 5.99. The Morgan fingerprint density at radius 1 is 0.949 bits per heavy atom. The first-order valence-corrected chi connectivity index (χ1v) is 14.2. The van der Waals surface area contributed by atoms with Crippen molar-refractivity contribution in [1.29, 1.82) is 0 Å². The Balaban J connectivity index is 1.15. The van der Waals surface area contributed by atoms with Gasteiger partial charge in [0.15, 0.2) is 0 Å². The van der Waals surface area contributed by atoms with Crippen LogP contribution in [-0.2, 0) is 9.53 Å². The summed E-state index contributed by atoms with van der Waals surface area (Å²) in [4.78, 5) is 53.0. The van der Waals surface area contributed by atoms with Crippen LogP contribution in [0.3, 0.4) is 0 Å². The van der Waals surface area contributed by atoms with Crippen molar-refractivity contribution in [1.82, 2.24) is 24.7 Å². The molecule has 0 spiro atoms. The molecule has 11 heteroatoms. The molecule has 4 heterocycles. The zero-order valence-corrected chi connectivity index (χ0v) is 23.1. The number of aromatic nitrogens is 2. The van der Waals surface area contributed by atoms with Crippen LogP contribution in [0, 0.1) is 0 Å². The highest BCUT2D eigenvalue weighted by molar-refractivity contribution is 7.09. The van der Waals surface area contributed by atoms with Crippen molar-refractivity contribution in [2.45, 2.75) is 25.7 Å². The molecule has 2 fully saturated rings. The van der Waals surface area contributed by atoms with E-state index in [9.17, 15) is 14.4 Å². The van der Waals surface area contributed by atoms with Crippen LogP contribution in [0.25, 0.3) is 10.9 Å². The lowest BCUT2D eigenvalue weighted by Gasteiger charge is -2.33. The zero-order chi connectivity index (χ0) is 27.4. The lowest BCUT2D eigenvalue weighted by atomic mass is 9.97. The van der Waals surface area contributed by atoms with Crippen molar-refractivity contribution >= 4 is 40.0 Å². The third-order valence-corrected chi connectivity index (χ3v) is 8.31. The van der Waals surface area contributed by atoms with Gasteiger partial charge in [-0.1, -0.05) is 12.1 Å². The fourth-order valence-corrected chi connectivity index (χ4v) is 6.11. The van der Waals surface area contributed by atoms with E-state index >= 15 is 0 Å². The number of esters is 1. The van der Waals surface area contributed by atoms with Crippen LogP contribution in [-0.4, -0.2) is 102 Å². The van der Waals surface area contributed by atoms with Gasteiger partial charge in [0.1, 0.15) is 17.1 Å². The fraction of sp³-hybridized carbons (Fsp3) is 0.464. The normalized spacial score (nSPS) is 16.9.